The molecule has 0 aromatic carbocycles. The molecule has 0 bridgehead atoms. The van der Waals surface area contributed by atoms with Crippen LogP contribution in [0.5, 0.6) is 0 Å². The van der Waals surface area contributed by atoms with Crippen LogP contribution in [0.1, 0.15) is 29.8 Å². The van der Waals surface area contributed by atoms with Crippen molar-refractivity contribution in [2.24, 2.45) is 5.73 Å². The van der Waals surface area contributed by atoms with Crippen LogP contribution in [-0.4, -0.2) is 53.1 Å². The predicted octanol–water partition coefficient (Wildman–Crippen LogP) is 0.0575. The molecular weight excluding hydrogens is 242 g/mol. The van der Waals surface area contributed by atoms with Crippen molar-refractivity contribution in [3.05, 3.63) is 18.2 Å². The molecule has 19 heavy (non-hydrogen) atoms. The number of hydrogen-bond acceptors (Lipinski definition) is 4. The summed E-state index contributed by atoms with van der Waals surface area (Å²) in [7, 11) is 0. The number of amides is 1. The summed E-state index contributed by atoms with van der Waals surface area (Å²) in [6.45, 7) is 5.15. The Hall–Kier alpha value is -1.40. The molecule has 106 valence electrons. The van der Waals surface area contributed by atoms with E-state index in [-0.39, 0.29) is 5.91 Å². The van der Waals surface area contributed by atoms with Crippen molar-refractivity contribution < 1.29 is 4.79 Å². The smallest absolute Gasteiger partial charge is 0.271 e. The maximum absolute atomic E-state index is 11.9. The first-order valence-corrected chi connectivity index (χ1v) is 7.02. The van der Waals surface area contributed by atoms with Crippen molar-refractivity contribution in [1.82, 2.24) is 19.8 Å². The minimum Gasteiger partial charge on any atom is -0.349 e. The number of carbonyl (C=O) groups is 1. The molecule has 0 radical (unpaired) electrons. The SMILES string of the molecule is NCCn1cnc(C(=O)NCCN2CCCCC2)c1. The van der Waals surface area contributed by atoms with Crippen LogP contribution in [0.2, 0.25) is 0 Å². The van der Waals surface area contributed by atoms with Gasteiger partial charge in [0.2, 0.25) is 0 Å². The van der Waals surface area contributed by atoms with Crippen molar-refractivity contribution in [1.29, 1.82) is 0 Å². The zero-order valence-electron chi connectivity index (χ0n) is 11.3. The highest BCUT2D eigenvalue weighted by atomic mass is 16.1. The maximum atomic E-state index is 11.9. The van der Waals surface area contributed by atoms with E-state index in [1.165, 1.54) is 19.3 Å². The first-order valence-electron chi connectivity index (χ1n) is 7.02. The van der Waals surface area contributed by atoms with E-state index in [1.54, 1.807) is 12.5 Å². The average Bonchev–Trinajstić information content (AvgIpc) is 2.89. The van der Waals surface area contributed by atoms with Gasteiger partial charge in [0.15, 0.2) is 0 Å². The summed E-state index contributed by atoms with van der Waals surface area (Å²) in [5.41, 5.74) is 5.92. The largest absolute Gasteiger partial charge is 0.349 e. The van der Waals surface area contributed by atoms with Crippen molar-refractivity contribution in [3.63, 3.8) is 0 Å². The number of piperidine rings is 1. The predicted molar refractivity (Wildman–Crippen MR) is 73.9 cm³/mol. The third-order valence-electron chi connectivity index (χ3n) is 3.42. The second-order valence-corrected chi connectivity index (χ2v) is 4.94. The highest BCUT2D eigenvalue weighted by molar-refractivity contribution is 5.91. The van der Waals surface area contributed by atoms with E-state index in [0.29, 0.717) is 25.3 Å². The van der Waals surface area contributed by atoms with Crippen LogP contribution in [0.15, 0.2) is 12.5 Å². The van der Waals surface area contributed by atoms with E-state index in [0.717, 1.165) is 19.6 Å². The summed E-state index contributed by atoms with van der Waals surface area (Å²) >= 11 is 0. The van der Waals surface area contributed by atoms with Gasteiger partial charge < -0.3 is 20.5 Å². The van der Waals surface area contributed by atoms with E-state index in [4.69, 9.17) is 5.73 Å². The third-order valence-corrected chi connectivity index (χ3v) is 3.42. The molecule has 1 amide bonds. The fourth-order valence-corrected chi connectivity index (χ4v) is 2.35. The van der Waals surface area contributed by atoms with Crippen LogP contribution in [0.4, 0.5) is 0 Å². The second kappa shape index (κ2) is 7.25. The molecule has 0 saturated carbocycles. The minimum absolute atomic E-state index is 0.104. The Labute approximate surface area is 114 Å². The van der Waals surface area contributed by atoms with Crippen LogP contribution < -0.4 is 11.1 Å². The number of likely N-dealkylation sites (tertiary alicyclic amines) is 1. The zero-order chi connectivity index (χ0) is 13.5. The molecule has 1 aromatic rings. The number of aromatic nitrogens is 2. The van der Waals surface area contributed by atoms with E-state index in [9.17, 15) is 4.79 Å². The van der Waals surface area contributed by atoms with Crippen LogP contribution in [0.25, 0.3) is 0 Å². The van der Waals surface area contributed by atoms with Gasteiger partial charge in [0, 0.05) is 32.4 Å². The normalized spacial score (nSPS) is 16.5. The van der Waals surface area contributed by atoms with Gasteiger partial charge in [-0.1, -0.05) is 6.42 Å². The molecule has 0 unspecified atom stereocenters. The maximum Gasteiger partial charge on any atom is 0.271 e. The van der Waals surface area contributed by atoms with Gasteiger partial charge in [-0.3, -0.25) is 4.79 Å². The number of nitrogens with one attached hydrogen (secondary N) is 1. The molecule has 1 aliphatic heterocycles. The molecule has 0 aliphatic carbocycles. The fourth-order valence-electron chi connectivity index (χ4n) is 2.35. The fraction of sp³-hybridized carbons (Fsp3) is 0.692. The number of carbonyl (C=O) groups excluding carboxylic acids is 1. The first-order chi connectivity index (χ1) is 9.29. The van der Waals surface area contributed by atoms with E-state index in [1.807, 2.05) is 4.57 Å². The molecule has 1 aromatic heterocycles. The molecule has 1 aliphatic rings. The Kier molecular flexibility index (Phi) is 5.35. The summed E-state index contributed by atoms with van der Waals surface area (Å²) in [6.07, 6.45) is 7.27. The van der Waals surface area contributed by atoms with E-state index in [2.05, 4.69) is 15.2 Å². The van der Waals surface area contributed by atoms with Crippen molar-refractivity contribution >= 4 is 5.91 Å². The Balaban J connectivity index is 1.70. The lowest BCUT2D eigenvalue weighted by molar-refractivity contribution is 0.0942. The lowest BCUT2D eigenvalue weighted by Gasteiger charge is -2.26. The molecule has 2 heterocycles. The number of nitrogens with two attached hydrogens (primary N) is 1. The monoisotopic (exact) mass is 265 g/mol. The van der Waals surface area contributed by atoms with Crippen LogP contribution in [0, 0.1) is 0 Å². The minimum atomic E-state index is -0.104. The molecule has 1 fully saturated rings. The van der Waals surface area contributed by atoms with Crippen LogP contribution >= 0.6 is 0 Å². The van der Waals surface area contributed by atoms with Gasteiger partial charge in [0.1, 0.15) is 5.69 Å². The summed E-state index contributed by atoms with van der Waals surface area (Å²) in [4.78, 5) is 18.3. The molecule has 2 rings (SSSR count). The van der Waals surface area contributed by atoms with Gasteiger partial charge in [0.05, 0.1) is 6.33 Å². The van der Waals surface area contributed by atoms with Gasteiger partial charge >= 0.3 is 0 Å². The Morgan fingerprint density at radius 1 is 1.32 bits per heavy atom. The number of imidazole rings is 1. The van der Waals surface area contributed by atoms with Crippen molar-refractivity contribution in [2.45, 2.75) is 25.8 Å². The van der Waals surface area contributed by atoms with E-state index >= 15 is 0 Å². The summed E-state index contributed by atoms with van der Waals surface area (Å²) in [6, 6.07) is 0. The van der Waals surface area contributed by atoms with E-state index < -0.39 is 0 Å². The lowest BCUT2D eigenvalue weighted by Crippen LogP contribution is -2.37. The first kappa shape index (κ1) is 14.0. The van der Waals surface area contributed by atoms with Crippen LogP contribution in [-0.2, 0) is 6.54 Å². The van der Waals surface area contributed by atoms with Gasteiger partial charge in [-0.15, -0.1) is 0 Å². The molecule has 6 nitrogen and oxygen atoms in total. The third kappa shape index (κ3) is 4.33. The van der Waals surface area contributed by atoms with Gasteiger partial charge in [-0.2, -0.15) is 0 Å². The second-order valence-electron chi connectivity index (χ2n) is 4.94. The molecule has 0 spiro atoms. The standard InChI is InChI=1S/C13H23N5O/c14-4-8-18-10-12(16-11-18)13(19)15-5-9-17-6-2-1-3-7-17/h10-11H,1-9,14H2,(H,15,19). The van der Waals surface area contributed by atoms with Crippen molar-refractivity contribution in [3.8, 4) is 0 Å². The number of hydrogen-bond donors (Lipinski definition) is 2. The summed E-state index contributed by atoms with van der Waals surface area (Å²) in [5, 5.41) is 2.91. The molecule has 1 saturated heterocycles. The van der Waals surface area contributed by atoms with Gasteiger partial charge in [-0.05, 0) is 25.9 Å². The molecule has 3 N–H and O–H groups in total. The quantitative estimate of drug-likeness (QED) is 0.762. The molecule has 0 atom stereocenters. The highest BCUT2D eigenvalue weighted by Crippen LogP contribution is 2.07. The van der Waals surface area contributed by atoms with Crippen molar-refractivity contribution in [2.75, 3.05) is 32.7 Å². The van der Waals surface area contributed by atoms with Gasteiger partial charge in [-0.25, -0.2) is 4.98 Å². The number of nitrogens with zero attached hydrogens (tertiary/aromatic N) is 3. The molecule has 6 heteroatoms. The zero-order valence-corrected chi connectivity index (χ0v) is 11.3. The number of rotatable bonds is 6. The average molecular weight is 265 g/mol. The Bertz CT molecular complexity index is 397. The lowest BCUT2D eigenvalue weighted by atomic mass is 10.1. The summed E-state index contributed by atoms with van der Waals surface area (Å²) in [5.74, 6) is -0.104. The Morgan fingerprint density at radius 3 is 2.84 bits per heavy atom. The summed E-state index contributed by atoms with van der Waals surface area (Å²) < 4.78 is 1.83. The van der Waals surface area contributed by atoms with Gasteiger partial charge in [0.25, 0.3) is 5.91 Å². The Morgan fingerprint density at radius 2 is 2.11 bits per heavy atom. The topological polar surface area (TPSA) is 76.2 Å². The highest BCUT2D eigenvalue weighted by Gasteiger charge is 2.11. The van der Waals surface area contributed by atoms with Crippen LogP contribution in [0.3, 0.4) is 0 Å². The molecular formula is C13H23N5O.